The fraction of sp³-hybridized carbons (Fsp3) is 0.222. The fourth-order valence-electron chi connectivity index (χ4n) is 2.18. The van der Waals surface area contributed by atoms with Crippen LogP contribution in [-0.4, -0.2) is 6.61 Å². The Hall–Kier alpha value is -2.26. The number of ether oxygens (including phenoxy) is 2. The molecule has 0 aliphatic carbocycles. The van der Waals surface area contributed by atoms with Crippen LogP contribution in [-0.2, 0) is 18.0 Å². The van der Waals surface area contributed by atoms with Gasteiger partial charge in [0, 0.05) is 12.0 Å². The quantitative estimate of drug-likeness (QED) is 0.664. The van der Waals surface area contributed by atoms with Crippen LogP contribution >= 0.6 is 0 Å². The van der Waals surface area contributed by atoms with Gasteiger partial charge < -0.3 is 13.9 Å². The zero-order chi connectivity index (χ0) is 14.5. The molecule has 0 aliphatic rings. The predicted octanol–water partition coefficient (Wildman–Crippen LogP) is 4.55. The first-order valence-corrected chi connectivity index (χ1v) is 7.12. The Balaban J connectivity index is 1.71. The van der Waals surface area contributed by atoms with Gasteiger partial charge in [0.2, 0.25) is 0 Å². The maximum absolute atomic E-state index is 5.82. The van der Waals surface area contributed by atoms with E-state index in [0.717, 1.165) is 28.0 Å². The van der Waals surface area contributed by atoms with Crippen molar-refractivity contribution in [1.29, 1.82) is 0 Å². The highest BCUT2D eigenvalue weighted by Crippen LogP contribution is 2.25. The summed E-state index contributed by atoms with van der Waals surface area (Å²) in [7, 11) is 0. The van der Waals surface area contributed by atoms with Crippen molar-refractivity contribution in [1.82, 2.24) is 0 Å². The highest BCUT2D eigenvalue weighted by Gasteiger charge is 2.05. The molecule has 3 heteroatoms. The molecule has 108 valence electrons. The van der Waals surface area contributed by atoms with Crippen LogP contribution in [0, 0.1) is 0 Å². The SMILES string of the molecule is CCOCc1cc2cc(OCc3ccccc3)ccc2o1. The van der Waals surface area contributed by atoms with E-state index in [1.165, 1.54) is 0 Å². The first-order chi connectivity index (χ1) is 10.3. The zero-order valence-corrected chi connectivity index (χ0v) is 12.0. The maximum atomic E-state index is 5.82. The molecule has 0 atom stereocenters. The van der Waals surface area contributed by atoms with Gasteiger partial charge >= 0.3 is 0 Å². The van der Waals surface area contributed by atoms with E-state index in [1.807, 2.05) is 49.4 Å². The van der Waals surface area contributed by atoms with E-state index in [2.05, 4.69) is 12.1 Å². The number of fused-ring (bicyclic) bond motifs is 1. The summed E-state index contributed by atoms with van der Waals surface area (Å²) >= 11 is 0. The van der Waals surface area contributed by atoms with Crippen molar-refractivity contribution >= 4 is 11.0 Å². The van der Waals surface area contributed by atoms with E-state index >= 15 is 0 Å². The summed E-state index contributed by atoms with van der Waals surface area (Å²) in [5, 5.41) is 1.04. The smallest absolute Gasteiger partial charge is 0.134 e. The Morgan fingerprint density at radius 1 is 0.952 bits per heavy atom. The number of benzene rings is 2. The molecule has 0 unspecified atom stereocenters. The minimum absolute atomic E-state index is 0.505. The van der Waals surface area contributed by atoms with Crippen molar-refractivity contribution in [3.8, 4) is 5.75 Å². The maximum Gasteiger partial charge on any atom is 0.134 e. The highest BCUT2D eigenvalue weighted by molar-refractivity contribution is 5.79. The number of hydrogen-bond donors (Lipinski definition) is 0. The highest BCUT2D eigenvalue weighted by atomic mass is 16.5. The third kappa shape index (κ3) is 3.44. The fourth-order valence-corrected chi connectivity index (χ4v) is 2.18. The van der Waals surface area contributed by atoms with Gasteiger partial charge in [-0.3, -0.25) is 0 Å². The Kier molecular flexibility index (Phi) is 4.22. The second-order valence-corrected chi connectivity index (χ2v) is 4.82. The standard InChI is InChI=1S/C18H18O3/c1-2-19-13-17-11-15-10-16(8-9-18(15)21-17)20-12-14-6-4-3-5-7-14/h3-11H,2,12-13H2,1H3. The minimum atomic E-state index is 0.505. The van der Waals surface area contributed by atoms with Crippen molar-refractivity contribution in [3.05, 3.63) is 65.9 Å². The lowest BCUT2D eigenvalue weighted by molar-refractivity contribution is 0.119. The Morgan fingerprint density at radius 2 is 1.81 bits per heavy atom. The minimum Gasteiger partial charge on any atom is -0.489 e. The van der Waals surface area contributed by atoms with Crippen LogP contribution < -0.4 is 4.74 Å². The molecule has 0 fully saturated rings. The molecule has 0 aliphatic heterocycles. The Morgan fingerprint density at radius 3 is 2.62 bits per heavy atom. The van der Waals surface area contributed by atoms with Crippen molar-refractivity contribution < 1.29 is 13.9 Å². The average molecular weight is 282 g/mol. The summed E-state index contributed by atoms with van der Waals surface area (Å²) in [6, 6.07) is 18.0. The summed E-state index contributed by atoms with van der Waals surface area (Å²) < 4.78 is 16.9. The zero-order valence-electron chi connectivity index (χ0n) is 12.0. The lowest BCUT2D eigenvalue weighted by atomic mass is 10.2. The largest absolute Gasteiger partial charge is 0.489 e. The van der Waals surface area contributed by atoms with Crippen LogP contribution in [0.5, 0.6) is 5.75 Å². The van der Waals surface area contributed by atoms with Crippen LogP contribution in [0.3, 0.4) is 0 Å². The molecule has 0 spiro atoms. The summed E-state index contributed by atoms with van der Waals surface area (Å²) in [6.07, 6.45) is 0. The van der Waals surface area contributed by atoms with Gasteiger partial charge in [0.1, 0.15) is 30.3 Å². The van der Waals surface area contributed by atoms with E-state index in [1.54, 1.807) is 0 Å². The van der Waals surface area contributed by atoms with Gasteiger partial charge in [-0.15, -0.1) is 0 Å². The van der Waals surface area contributed by atoms with Gasteiger partial charge in [0.25, 0.3) is 0 Å². The number of rotatable bonds is 6. The van der Waals surface area contributed by atoms with Crippen LogP contribution in [0.25, 0.3) is 11.0 Å². The van der Waals surface area contributed by atoms with E-state index in [0.29, 0.717) is 19.8 Å². The topological polar surface area (TPSA) is 31.6 Å². The lowest BCUT2D eigenvalue weighted by Gasteiger charge is -2.05. The molecule has 21 heavy (non-hydrogen) atoms. The average Bonchev–Trinajstić information content (AvgIpc) is 2.94. The number of furan rings is 1. The van der Waals surface area contributed by atoms with Crippen molar-refractivity contribution in [2.24, 2.45) is 0 Å². The first-order valence-electron chi connectivity index (χ1n) is 7.12. The van der Waals surface area contributed by atoms with Crippen molar-refractivity contribution in [3.63, 3.8) is 0 Å². The van der Waals surface area contributed by atoms with Gasteiger partial charge in [0.15, 0.2) is 0 Å². The molecule has 0 bridgehead atoms. The summed E-state index contributed by atoms with van der Waals surface area (Å²) in [5.41, 5.74) is 2.01. The second-order valence-electron chi connectivity index (χ2n) is 4.82. The van der Waals surface area contributed by atoms with E-state index in [9.17, 15) is 0 Å². The molecule has 3 aromatic rings. The molecule has 2 aromatic carbocycles. The lowest BCUT2D eigenvalue weighted by Crippen LogP contribution is -1.94. The molecular weight excluding hydrogens is 264 g/mol. The van der Waals surface area contributed by atoms with Crippen molar-refractivity contribution in [2.75, 3.05) is 6.61 Å². The Labute approximate surface area is 124 Å². The molecule has 0 saturated carbocycles. The van der Waals surface area contributed by atoms with Crippen LogP contribution in [0.4, 0.5) is 0 Å². The molecule has 3 rings (SSSR count). The van der Waals surface area contributed by atoms with Crippen molar-refractivity contribution in [2.45, 2.75) is 20.1 Å². The van der Waals surface area contributed by atoms with Gasteiger partial charge in [-0.1, -0.05) is 30.3 Å². The summed E-state index contributed by atoms with van der Waals surface area (Å²) in [5.74, 6) is 1.68. The molecular formula is C18H18O3. The third-order valence-corrected chi connectivity index (χ3v) is 3.24. The predicted molar refractivity (Wildman–Crippen MR) is 82.3 cm³/mol. The third-order valence-electron chi connectivity index (χ3n) is 3.24. The first kappa shape index (κ1) is 13.7. The van der Waals surface area contributed by atoms with Crippen LogP contribution in [0.1, 0.15) is 18.2 Å². The molecule has 0 saturated heterocycles. The monoisotopic (exact) mass is 282 g/mol. The molecule has 0 amide bonds. The van der Waals surface area contributed by atoms with Gasteiger partial charge in [-0.25, -0.2) is 0 Å². The molecule has 0 radical (unpaired) electrons. The van der Waals surface area contributed by atoms with Crippen LogP contribution in [0.15, 0.2) is 59.0 Å². The molecule has 1 heterocycles. The van der Waals surface area contributed by atoms with Gasteiger partial charge in [0.05, 0.1) is 0 Å². The number of hydrogen-bond acceptors (Lipinski definition) is 3. The van der Waals surface area contributed by atoms with Crippen LogP contribution in [0.2, 0.25) is 0 Å². The molecule has 0 N–H and O–H groups in total. The molecule has 3 nitrogen and oxygen atoms in total. The van der Waals surface area contributed by atoms with Gasteiger partial charge in [-0.05, 0) is 36.8 Å². The summed E-state index contributed by atoms with van der Waals surface area (Å²) in [6.45, 7) is 3.72. The van der Waals surface area contributed by atoms with E-state index in [4.69, 9.17) is 13.9 Å². The summed E-state index contributed by atoms with van der Waals surface area (Å²) in [4.78, 5) is 0. The normalized spacial score (nSPS) is 10.9. The van der Waals surface area contributed by atoms with Gasteiger partial charge in [-0.2, -0.15) is 0 Å². The molecule has 1 aromatic heterocycles. The van der Waals surface area contributed by atoms with E-state index in [-0.39, 0.29) is 0 Å². The second kappa shape index (κ2) is 6.46. The Bertz CT molecular complexity index is 701. The van der Waals surface area contributed by atoms with E-state index < -0.39 is 0 Å².